The summed E-state index contributed by atoms with van der Waals surface area (Å²) in [5.41, 5.74) is -0.103. The van der Waals surface area contributed by atoms with Gasteiger partial charge >= 0.3 is 12.0 Å². The number of amides is 4. The van der Waals surface area contributed by atoms with Gasteiger partial charge in [0, 0.05) is 18.1 Å². The van der Waals surface area contributed by atoms with E-state index in [9.17, 15) is 19.2 Å². The van der Waals surface area contributed by atoms with Gasteiger partial charge < -0.3 is 15.0 Å². The molecule has 1 aliphatic rings. The van der Waals surface area contributed by atoms with E-state index in [1.54, 1.807) is 20.9 Å². The topological polar surface area (TPSA) is 96.0 Å². The largest absolute Gasteiger partial charge is 0.454 e. The third-order valence-corrected chi connectivity index (χ3v) is 5.26. The molecule has 1 heterocycles. The molecule has 1 saturated heterocycles. The number of imide groups is 1. The molecule has 8 nitrogen and oxygen atoms in total. The molecule has 0 aliphatic carbocycles. The van der Waals surface area contributed by atoms with E-state index in [0.717, 1.165) is 14.9 Å². The fourth-order valence-corrected chi connectivity index (χ4v) is 2.94. The zero-order valence-corrected chi connectivity index (χ0v) is 17.0. The Hall–Kier alpha value is -2.42. The van der Waals surface area contributed by atoms with Crippen LogP contribution in [0.2, 0.25) is 0 Å². The highest BCUT2D eigenvalue weighted by Gasteiger charge is 2.47. The van der Waals surface area contributed by atoms with Crippen LogP contribution in [0.25, 0.3) is 0 Å². The summed E-state index contributed by atoms with van der Waals surface area (Å²) < 4.78 is 5.81. The van der Waals surface area contributed by atoms with E-state index in [4.69, 9.17) is 4.74 Å². The van der Waals surface area contributed by atoms with Crippen molar-refractivity contribution in [1.29, 1.82) is 0 Å². The minimum absolute atomic E-state index is 0.347. The van der Waals surface area contributed by atoms with Gasteiger partial charge in [-0.15, -0.1) is 0 Å². The second-order valence-electron chi connectivity index (χ2n) is 6.51. The van der Waals surface area contributed by atoms with Crippen molar-refractivity contribution >= 4 is 39.7 Å². The van der Waals surface area contributed by atoms with Gasteiger partial charge in [-0.05, 0) is 25.0 Å². The highest BCUT2D eigenvalue weighted by Crippen LogP contribution is 2.20. The minimum atomic E-state index is -1.02. The summed E-state index contributed by atoms with van der Waals surface area (Å²) in [6, 6.07) is 6.84. The van der Waals surface area contributed by atoms with Crippen molar-refractivity contribution in [2.45, 2.75) is 32.4 Å². The molecule has 1 aromatic carbocycles. The Morgan fingerprint density at radius 3 is 2.56 bits per heavy atom. The number of rotatable bonds is 7. The quantitative estimate of drug-likeness (QED) is 0.514. The van der Waals surface area contributed by atoms with Crippen molar-refractivity contribution in [3.8, 4) is 0 Å². The van der Waals surface area contributed by atoms with Crippen molar-refractivity contribution < 1.29 is 23.9 Å². The molecule has 2 rings (SSSR count). The highest BCUT2D eigenvalue weighted by molar-refractivity contribution is 9.10. The van der Waals surface area contributed by atoms with Crippen LogP contribution in [-0.2, 0) is 25.7 Å². The van der Waals surface area contributed by atoms with Crippen LogP contribution in [-0.4, -0.2) is 59.4 Å². The SMILES string of the molecule is CCC1(C)NC(=O)N(CC(=O)OCC(=O)N(C)Cc2ccccc2Br)C1=O. The monoisotopic (exact) mass is 439 g/mol. The molecular weight excluding hydrogens is 418 g/mol. The van der Waals surface area contributed by atoms with Gasteiger partial charge in [-0.1, -0.05) is 41.1 Å². The summed E-state index contributed by atoms with van der Waals surface area (Å²) >= 11 is 3.41. The van der Waals surface area contributed by atoms with Gasteiger partial charge in [-0.3, -0.25) is 19.3 Å². The van der Waals surface area contributed by atoms with Crippen molar-refractivity contribution in [2.75, 3.05) is 20.2 Å². The van der Waals surface area contributed by atoms with Crippen molar-refractivity contribution in [2.24, 2.45) is 0 Å². The fourth-order valence-electron chi connectivity index (χ4n) is 2.53. The van der Waals surface area contributed by atoms with E-state index in [-0.39, 0.29) is 0 Å². The van der Waals surface area contributed by atoms with Crippen LogP contribution in [0.5, 0.6) is 0 Å². The zero-order valence-electron chi connectivity index (χ0n) is 15.5. The molecule has 1 aromatic rings. The normalized spacial score (nSPS) is 19.0. The predicted octanol–water partition coefficient (Wildman–Crippen LogP) is 1.67. The van der Waals surface area contributed by atoms with Crippen molar-refractivity contribution in [3.63, 3.8) is 0 Å². The summed E-state index contributed by atoms with van der Waals surface area (Å²) in [6.45, 7) is 2.72. The lowest BCUT2D eigenvalue weighted by Crippen LogP contribution is -2.43. The van der Waals surface area contributed by atoms with Crippen LogP contribution in [0.4, 0.5) is 4.79 Å². The van der Waals surface area contributed by atoms with Gasteiger partial charge in [0.05, 0.1) is 0 Å². The number of halogens is 1. The lowest BCUT2D eigenvalue weighted by molar-refractivity contribution is -0.153. The lowest BCUT2D eigenvalue weighted by atomic mass is 9.99. The molecule has 1 unspecified atom stereocenters. The molecule has 0 radical (unpaired) electrons. The number of ether oxygens (including phenoxy) is 1. The second kappa shape index (κ2) is 8.51. The molecule has 146 valence electrons. The first-order valence-electron chi connectivity index (χ1n) is 8.45. The van der Waals surface area contributed by atoms with Crippen LogP contribution in [0.3, 0.4) is 0 Å². The Balaban J connectivity index is 1.84. The van der Waals surface area contributed by atoms with Crippen molar-refractivity contribution in [3.05, 3.63) is 34.3 Å². The standard InChI is InChI=1S/C18H22BrN3O5/c1-4-18(2)16(25)22(17(26)20-18)10-15(24)27-11-14(23)21(3)9-12-7-5-6-8-13(12)19/h5-8H,4,9-11H2,1-3H3,(H,20,26). The molecule has 0 spiro atoms. The number of benzene rings is 1. The first-order valence-corrected chi connectivity index (χ1v) is 9.24. The molecule has 1 atom stereocenters. The number of hydrogen-bond acceptors (Lipinski definition) is 5. The van der Waals surface area contributed by atoms with Gasteiger partial charge in [0.25, 0.3) is 11.8 Å². The summed E-state index contributed by atoms with van der Waals surface area (Å²) in [5, 5.41) is 2.55. The molecule has 0 aromatic heterocycles. The van der Waals surface area contributed by atoms with Crippen LogP contribution in [0.15, 0.2) is 28.7 Å². The third-order valence-electron chi connectivity index (χ3n) is 4.49. The Kier molecular flexibility index (Phi) is 6.59. The van der Waals surface area contributed by atoms with Crippen LogP contribution in [0.1, 0.15) is 25.8 Å². The lowest BCUT2D eigenvalue weighted by Gasteiger charge is -2.19. The number of hydrogen-bond donors (Lipinski definition) is 1. The van der Waals surface area contributed by atoms with Crippen LogP contribution < -0.4 is 5.32 Å². The van der Waals surface area contributed by atoms with Crippen LogP contribution >= 0.6 is 15.9 Å². The molecule has 9 heteroatoms. The zero-order chi connectivity index (χ0) is 20.2. The molecule has 1 fully saturated rings. The maximum atomic E-state index is 12.2. The molecule has 1 aliphatic heterocycles. The molecule has 0 saturated carbocycles. The first-order chi connectivity index (χ1) is 12.7. The number of nitrogens with zero attached hydrogens (tertiary/aromatic N) is 2. The average molecular weight is 440 g/mol. The maximum absolute atomic E-state index is 12.2. The van der Waals surface area contributed by atoms with Gasteiger partial charge in [-0.2, -0.15) is 0 Å². The number of likely N-dealkylation sites (N-methyl/N-ethyl adjacent to an activating group) is 1. The Labute approximate surface area is 166 Å². The molecule has 27 heavy (non-hydrogen) atoms. The van der Waals surface area contributed by atoms with E-state index in [1.165, 1.54) is 4.90 Å². The number of nitrogens with one attached hydrogen (secondary N) is 1. The van der Waals surface area contributed by atoms with E-state index in [2.05, 4.69) is 21.2 Å². The average Bonchev–Trinajstić information content (AvgIpc) is 2.85. The smallest absolute Gasteiger partial charge is 0.326 e. The van der Waals surface area contributed by atoms with Crippen molar-refractivity contribution in [1.82, 2.24) is 15.1 Å². The number of carbonyl (C=O) groups is 4. The van der Waals surface area contributed by atoms with E-state index in [1.807, 2.05) is 24.3 Å². The maximum Gasteiger partial charge on any atom is 0.326 e. The first kappa shape index (κ1) is 20.9. The molecule has 0 bridgehead atoms. The summed E-state index contributed by atoms with van der Waals surface area (Å²) in [6.07, 6.45) is 0.404. The Morgan fingerprint density at radius 2 is 1.96 bits per heavy atom. The van der Waals surface area contributed by atoms with E-state index in [0.29, 0.717) is 13.0 Å². The fraction of sp³-hybridized carbons (Fsp3) is 0.444. The van der Waals surface area contributed by atoms with Crippen LogP contribution in [0, 0.1) is 0 Å². The summed E-state index contributed by atoms with van der Waals surface area (Å²) in [4.78, 5) is 50.5. The minimum Gasteiger partial charge on any atom is -0.454 e. The van der Waals surface area contributed by atoms with Gasteiger partial charge in [0.1, 0.15) is 12.1 Å². The Bertz CT molecular complexity index is 769. The highest BCUT2D eigenvalue weighted by atomic mass is 79.9. The Morgan fingerprint density at radius 1 is 1.30 bits per heavy atom. The second-order valence-corrected chi connectivity index (χ2v) is 7.36. The van der Waals surface area contributed by atoms with E-state index >= 15 is 0 Å². The molecular formula is C18H22BrN3O5. The molecule has 1 N–H and O–H groups in total. The summed E-state index contributed by atoms with van der Waals surface area (Å²) in [5.74, 6) is -1.69. The third kappa shape index (κ3) is 4.85. The van der Waals surface area contributed by atoms with Gasteiger partial charge in [0.15, 0.2) is 6.61 Å². The van der Waals surface area contributed by atoms with Gasteiger partial charge in [0.2, 0.25) is 0 Å². The molecule has 4 amide bonds. The number of carbonyl (C=O) groups excluding carboxylic acids is 4. The number of esters is 1. The van der Waals surface area contributed by atoms with Gasteiger partial charge in [-0.25, -0.2) is 4.79 Å². The summed E-state index contributed by atoms with van der Waals surface area (Å²) in [7, 11) is 1.60. The van der Waals surface area contributed by atoms with E-state index < -0.39 is 42.5 Å². The number of urea groups is 1. The predicted molar refractivity (Wildman–Crippen MR) is 101 cm³/mol.